The molecule has 21 heavy (non-hydrogen) atoms. The molecule has 7 heteroatoms. The number of hydrogen-bond donors (Lipinski definition) is 1. The van der Waals surface area contributed by atoms with Gasteiger partial charge < -0.3 is 5.32 Å². The highest BCUT2D eigenvalue weighted by Gasteiger charge is 2.35. The smallest absolute Gasteiger partial charge is 0.333 e. The molecule has 0 bridgehead atoms. The molecule has 1 aromatic rings. The molecule has 0 radical (unpaired) electrons. The van der Waals surface area contributed by atoms with Crippen LogP contribution in [-0.4, -0.2) is 17.0 Å². The van der Waals surface area contributed by atoms with Gasteiger partial charge in [-0.15, -0.1) is 0 Å². The average Bonchev–Trinajstić information content (AvgIpc) is 2.77. The summed E-state index contributed by atoms with van der Waals surface area (Å²) in [7, 11) is 0. The summed E-state index contributed by atoms with van der Waals surface area (Å²) in [5.41, 5.74) is -0.895. The van der Waals surface area contributed by atoms with E-state index >= 15 is 0 Å². The molecule has 1 unspecified atom stereocenters. The second kappa shape index (κ2) is 6.48. The van der Waals surface area contributed by atoms with Gasteiger partial charge in [-0.2, -0.15) is 13.2 Å². The third-order valence-electron chi connectivity index (χ3n) is 3.00. The van der Waals surface area contributed by atoms with E-state index in [0.717, 1.165) is 12.5 Å². The lowest BCUT2D eigenvalue weighted by Gasteiger charge is -2.16. The number of thioether (sulfide) groups is 1. The van der Waals surface area contributed by atoms with Crippen LogP contribution < -0.4 is 5.32 Å². The van der Waals surface area contributed by atoms with Crippen molar-refractivity contribution in [3.8, 4) is 0 Å². The Kier molecular flexibility index (Phi) is 5.09. The number of amidine groups is 1. The van der Waals surface area contributed by atoms with E-state index in [9.17, 15) is 13.2 Å². The molecule has 0 aromatic heterocycles. The molecule has 1 heterocycles. The Labute approximate surface area is 131 Å². The number of hydrogen-bond acceptors (Lipinski definition) is 3. The molecule has 1 N–H and O–H groups in total. The third-order valence-corrected chi connectivity index (χ3v) is 4.45. The summed E-state index contributed by atoms with van der Waals surface area (Å²) in [5.74, 6) is 0.531. The van der Waals surface area contributed by atoms with Crippen LogP contribution in [0.4, 0.5) is 18.9 Å². The summed E-state index contributed by atoms with van der Waals surface area (Å²) in [4.78, 5) is 4.27. The highest BCUT2D eigenvalue weighted by Crippen LogP contribution is 2.39. The van der Waals surface area contributed by atoms with E-state index in [1.165, 1.54) is 23.9 Å². The number of halogens is 4. The fourth-order valence-electron chi connectivity index (χ4n) is 2.13. The minimum atomic E-state index is -4.45. The van der Waals surface area contributed by atoms with E-state index in [2.05, 4.69) is 24.2 Å². The summed E-state index contributed by atoms with van der Waals surface area (Å²) in [6.07, 6.45) is -3.47. The van der Waals surface area contributed by atoms with E-state index < -0.39 is 11.7 Å². The molecule has 0 amide bonds. The van der Waals surface area contributed by atoms with Crippen LogP contribution in [0.15, 0.2) is 23.2 Å². The van der Waals surface area contributed by atoms with E-state index in [0.29, 0.717) is 22.9 Å². The van der Waals surface area contributed by atoms with Crippen LogP contribution in [0.25, 0.3) is 0 Å². The van der Waals surface area contributed by atoms with Crippen molar-refractivity contribution in [2.45, 2.75) is 31.7 Å². The Bertz CT molecular complexity index is 544. The first-order chi connectivity index (χ1) is 9.77. The summed E-state index contributed by atoms with van der Waals surface area (Å²) in [6.45, 7) is 4.85. The van der Waals surface area contributed by atoms with Gasteiger partial charge in [-0.1, -0.05) is 43.3 Å². The van der Waals surface area contributed by atoms with Crippen LogP contribution in [-0.2, 0) is 6.18 Å². The number of para-hydroxylation sites is 1. The molecular formula is C14H16ClF3N2S. The van der Waals surface area contributed by atoms with Crippen molar-refractivity contribution in [3.05, 3.63) is 28.8 Å². The van der Waals surface area contributed by atoms with Gasteiger partial charge in [0.05, 0.1) is 22.8 Å². The molecule has 0 spiro atoms. The first-order valence-electron chi connectivity index (χ1n) is 6.61. The largest absolute Gasteiger partial charge is 0.418 e. The summed E-state index contributed by atoms with van der Waals surface area (Å²) >= 11 is 7.38. The molecule has 1 aromatic carbocycles. The van der Waals surface area contributed by atoms with Crippen LogP contribution in [0.1, 0.15) is 25.8 Å². The quantitative estimate of drug-likeness (QED) is 0.811. The van der Waals surface area contributed by atoms with E-state index in [1.54, 1.807) is 0 Å². The lowest BCUT2D eigenvalue weighted by atomic mass is 10.1. The molecule has 2 nitrogen and oxygen atoms in total. The van der Waals surface area contributed by atoms with Crippen LogP contribution in [0.3, 0.4) is 0 Å². The zero-order valence-electron chi connectivity index (χ0n) is 11.7. The minimum absolute atomic E-state index is 0.0421. The minimum Gasteiger partial charge on any atom is -0.333 e. The van der Waals surface area contributed by atoms with Gasteiger partial charge in [0.15, 0.2) is 5.17 Å². The first kappa shape index (κ1) is 16.5. The van der Waals surface area contributed by atoms with Crippen LogP contribution >= 0.6 is 23.4 Å². The van der Waals surface area contributed by atoms with Gasteiger partial charge in [0, 0.05) is 5.25 Å². The van der Waals surface area contributed by atoms with Crippen molar-refractivity contribution in [1.82, 2.24) is 0 Å². The molecule has 2 rings (SSSR count). The SMILES string of the molecule is CC(C)CC1CN=C(Nc2c(Cl)cccc2C(F)(F)F)S1. The van der Waals surface area contributed by atoms with Crippen LogP contribution in [0.5, 0.6) is 0 Å². The zero-order chi connectivity index (χ0) is 15.6. The maximum Gasteiger partial charge on any atom is 0.418 e. The molecule has 1 atom stereocenters. The number of aliphatic imine (C=N–C) groups is 1. The number of alkyl halides is 3. The molecule has 0 saturated heterocycles. The predicted molar refractivity (Wildman–Crippen MR) is 83.2 cm³/mol. The predicted octanol–water partition coefficient (Wildman–Crippen LogP) is 5.29. The normalized spacial score (nSPS) is 19.0. The molecule has 116 valence electrons. The first-order valence-corrected chi connectivity index (χ1v) is 7.87. The molecular weight excluding hydrogens is 321 g/mol. The van der Waals surface area contributed by atoms with E-state index in [-0.39, 0.29) is 10.7 Å². The number of benzene rings is 1. The van der Waals surface area contributed by atoms with E-state index in [1.807, 2.05) is 0 Å². The Morgan fingerprint density at radius 1 is 1.43 bits per heavy atom. The van der Waals surface area contributed by atoms with Gasteiger partial charge in [0.25, 0.3) is 0 Å². The van der Waals surface area contributed by atoms with Gasteiger partial charge in [0.2, 0.25) is 0 Å². The van der Waals surface area contributed by atoms with Crippen molar-refractivity contribution >= 4 is 34.2 Å². The van der Waals surface area contributed by atoms with Gasteiger partial charge >= 0.3 is 6.18 Å². The number of nitrogens with zero attached hydrogens (tertiary/aromatic N) is 1. The zero-order valence-corrected chi connectivity index (χ0v) is 13.2. The second-order valence-electron chi connectivity index (χ2n) is 5.30. The van der Waals surface area contributed by atoms with Gasteiger partial charge in [-0.05, 0) is 24.5 Å². The standard InChI is InChI=1S/C14H16ClF3N2S/c1-8(2)6-9-7-19-13(21-9)20-12-10(14(16,17)18)4-3-5-11(12)15/h3-5,8-9H,6-7H2,1-2H3,(H,19,20). The lowest BCUT2D eigenvalue weighted by molar-refractivity contribution is -0.136. The van der Waals surface area contributed by atoms with Crippen LogP contribution in [0, 0.1) is 5.92 Å². The molecule has 1 aliphatic rings. The van der Waals surface area contributed by atoms with Crippen molar-refractivity contribution in [1.29, 1.82) is 0 Å². The Morgan fingerprint density at radius 2 is 2.14 bits per heavy atom. The summed E-state index contributed by atoms with van der Waals surface area (Å²) in [5, 5.41) is 3.60. The van der Waals surface area contributed by atoms with Crippen molar-refractivity contribution in [2.75, 3.05) is 11.9 Å². The fourth-order valence-corrected chi connectivity index (χ4v) is 3.61. The topological polar surface area (TPSA) is 24.4 Å². The highest BCUT2D eigenvalue weighted by molar-refractivity contribution is 8.15. The highest BCUT2D eigenvalue weighted by atomic mass is 35.5. The van der Waals surface area contributed by atoms with E-state index in [4.69, 9.17) is 11.6 Å². The maximum absolute atomic E-state index is 13.0. The lowest BCUT2D eigenvalue weighted by Crippen LogP contribution is -2.14. The fraction of sp³-hybridized carbons (Fsp3) is 0.500. The molecule has 0 aliphatic carbocycles. The monoisotopic (exact) mass is 336 g/mol. The van der Waals surface area contributed by atoms with Gasteiger partial charge in [-0.25, -0.2) is 0 Å². The van der Waals surface area contributed by atoms with Gasteiger partial charge in [0.1, 0.15) is 0 Å². The Morgan fingerprint density at radius 3 is 2.76 bits per heavy atom. The van der Waals surface area contributed by atoms with Crippen molar-refractivity contribution in [3.63, 3.8) is 0 Å². The third kappa shape index (κ3) is 4.30. The van der Waals surface area contributed by atoms with Crippen molar-refractivity contribution < 1.29 is 13.2 Å². The summed E-state index contributed by atoms with van der Waals surface area (Å²) in [6, 6.07) is 3.74. The van der Waals surface area contributed by atoms with Crippen LogP contribution in [0.2, 0.25) is 5.02 Å². The maximum atomic E-state index is 13.0. The average molecular weight is 337 g/mol. The van der Waals surface area contributed by atoms with Crippen molar-refractivity contribution in [2.24, 2.45) is 10.9 Å². The second-order valence-corrected chi connectivity index (χ2v) is 7.00. The Hall–Kier alpha value is -0.880. The number of rotatable bonds is 3. The number of anilines is 1. The molecule has 0 saturated carbocycles. The molecule has 1 aliphatic heterocycles. The Balaban J connectivity index is 2.14. The summed E-state index contributed by atoms with van der Waals surface area (Å²) < 4.78 is 39.0. The number of nitrogens with one attached hydrogen (secondary N) is 1. The van der Waals surface area contributed by atoms with Gasteiger partial charge in [-0.3, -0.25) is 4.99 Å². The molecule has 0 fully saturated rings.